The Labute approximate surface area is 168 Å². The molecule has 2 saturated heterocycles. The minimum atomic E-state index is -0.453. The highest BCUT2D eigenvalue weighted by Crippen LogP contribution is 2.35. The molecule has 2 fully saturated rings. The molecule has 1 aromatic rings. The lowest BCUT2D eigenvalue weighted by molar-refractivity contribution is -0.138. The van der Waals surface area contributed by atoms with Crippen molar-refractivity contribution in [1.29, 1.82) is 0 Å². The predicted molar refractivity (Wildman–Crippen MR) is 107 cm³/mol. The summed E-state index contributed by atoms with van der Waals surface area (Å²) in [4.78, 5) is 40.7. The summed E-state index contributed by atoms with van der Waals surface area (Å²) in [6.45, 7) is 2.46. The summed E-state index contributed by atoms with van der Waals surface area (Å²) >= 11 is 0.836. The van der Waals surface area contributed by atoms with Crippen LogP contribution in [-0.2, 0) is 9.59 Å². The van der Waals surface area contributed by atoms with E-state index in [4.69, 9.17) is 9.47 Å². The van der Waals surface area contributed by atoms with E-state index < -0.39 is 11.1 Å². The van der Waals surface area contributed by atoms with Crippen LogP contribution in [0.15, 0.2) is 23.1 Å². The van der Waals surface area contributed by atoms with E-state index in [1.807, 2.05) is 6.92 Å². The first-order chi connectivity index (χ1) is 13.4. The van der Waals surface area contributed by atoms with Crippen LogP contribution in [0.25, 0.3) is 6.08 Å². The van der Waals surface area contributed by atoms with Gasteiger partial charge in [-0.05, 0) is 56.2 Å². The normalized spacial score (nSPS) is 21.4. The van der Waals surface area contributed by atoms with Crippen LogP contribution in [0.4, 0.5) is 4.79 Å². The van der Waals surface area contributed by atoms with Crippen LogP contribution in [0.5, 0.6) is 11.5 Å². The maximum Gasteiger partial charge on any atom is 0.294 e. The van der Waals surface area contributed by atoms with Gasteiger partial charge in [0.2, 0.25) is 5.91 Å². The van der Waals surface area contributed by atoms with Gasteiger partial charge in [0.05, 0.1) is 19.1 Å². The smallest absolute Gasteiger partial charge is 0.294 e. The molecule has 7 nitrogen and oxygen atoms in total. The van der Waals surface area contributed by atoms with Gasteiger partial charge >= 0.3 is 0 Å². The third kappa shape index (κ3) is 4.16. The molecule has 0 unspecified atom stereocenters. The molecule has 1 atom stereocenters. The molecular weight excluding hydrogens is 380 g/mol. The number of likely N-dealkylation sites (tertiary alicyclic amines) is 1. The largest absolute Gasteiger partial charge is 0.497 e. The lowest BCUT2D eigenvalue weighted by Gasteiger charge is -2.34. The van der Waals surface area contributed by atoms with Crippen molar-refractivity contribution in [3.63, 3.8) is 0 Å². The molecule has 3 amide bonds. The highest BCUT2D eigenvalue weighted by Gasteiger charge is 2.38. The van der Waals surface area contributed by atoms with Gasteiger partial charge in [0.25, 0.3) is 11.1 Å². The second kappa shape index (κ2) is 8.68. The molecule has 0 N–H and O–H groups in total. The van der Waals surface area contributed by atoms with Gasteiger partial charge in [-0.3, -0.25) is 19.3 Å². The van der Waals surface area contributed by atoms with Gasteiger partial charge < -0.3 is 14.4 Å². The fourth-order valence-electron chi connectivity index (χ4n) is 3.41. The number of nitrogens with zero attached hydrogens (tertiary/aromatic N) is 2. The monoisotopic (exact) mass is 404 g/mol. The van der Waals surface area contributed by atoms with E-state index in [2.05, 4.69) is 0 Å². The van der Waals surface area contributed by atoms with Crippen LogP contribution in [0.2, 0.25) is 0 Å². The van der Waals surface area contributed by atoms with Gasteiger partial charge in [0, 0.05) is 24.2 Å². The number of carbonyl (C=O) groups is 3. The van der Waals surface area contributed by atoms with Gasteiger partial charge in [-0.2, -0.15) is 0 Å². The van der Waals surface area contributed by atoms with E-state index >= 15 is 0 Å². The van der Waals surface area contributed by atoms with Crippen molar-refractivity contribution in [2.24, 2.45) is 0 Å². The zero-order valence-electron chi connectivity index (χ0n) is 16.3. The number of piperidine rings is 1. The topological polar surface area (TPSA) is 76.2 Å². The zero-order chi connectivity index (χ0) is 20.3. The standard InChI is InChI=1S/C20H24N2O5S/c1-13-6-4-5-9-21(13)18(23)12-22-19(24)17(28-20(22)25)10-14-7-8-15(26-2)11-16(14)27-3/h7-8,10-11,13H,4-6,9,12H2,1-3H3/b17-10-/t13-/m1/s1. The van der Waals surface area contributed by atoms with Crippen molar-refractivity contribution in [1.82, 2.24) is 9.80 Å². The fourth-order valence-corrected chi connectivity index (χ4v) is 4.24. The Bertz CT molecular complexity index is 823. The highest BCUT2D eigenvalue weighted by molar-refractivity contribution is 8.18. The Hall–Kier alpha value is -2.48. The van der Waals surface area contributed by atoms with Crippen molar-refractivity contribution < 1.29 is 23.9 Å². The maximum absolute atomic E-state index is 12.7. The van der Waals surface area contributed by atoms with Crippen molar-refractivity contribution in [3.05, 3.63) is 28.7 Å². The fraction of sp³-hybridized carbons (Fsp3) is 0.450. The summed E-state index contributed by atoms with van der Waals surface area (Å²) in [5.41, 5.74) is 0.657. The molecule has 150 valence electrons. The Morgan fingerprint density at radius 2 is 2.04 bits per heavy atom. The number of thioether (sulfide) groups is 1. The third-order valence-corrected chi connectivity index (χ3v) is 5.92. The van der Waals surface area contributed by atoms with Crippen LogP contribution in [-0.4, -0.2) is 60.2 Å². The first-order valence-corrected chi connectivity index (χ1v) is 10.0. The molecule has 2 aliphatic rings. The Morgan fingerprint density at radius 1 is 1.25 bits per heavy atom. The molecule has 2 heterocycles. The molecule has 0 aromatic heterocycles. The number of methoxy groups -OCH3 is 2. The minimum Gasteiger partial charge on any atom is -0.497 e. The average Bonchev–Trinajstić information content (AvgIpc) is 2.96. The number of hydrogen-bond acceptors (Lipinski definition) is 6. The molecule has 3 rings (SSSR count). The maximum atomic E-state index is 12.7. The number of carbonyl (C=O) groups excluding carboxylic acids is 3. The Morgan fingerprint density at radius 3 is 2.71 bits per heavy atom. The molecule has 0 saturated carbocycles. The zero-order valence-corrected chi connectivity index (χ0v) is 17.1. The number of hydrogen-bond donors (Lipinski definition) is 0. The predicted octanol–water partition coefficient (Wildman–Crippen LogP) is 3.14. The molecule has 8 heteroatoms. The van der Waals surface area contributed by atoms with Gasteiger partial charge in [0.1, 0.15) is 18.0 Å². The van der Waals surface area contributed by atoms with Crippen LogP contribution >= 0.6 is 11.8 Å². The summed E-state index contributed by atoms with van der Waals surface area (Å²) in [7, 11) is 3.08. The molecule has 0 radical (unpaired) electrons. The molecule has 1 aromatic carbocycles. The number of amides is 3. The lowest BCUT2D eigenvalue weighted by atomic mass is 10.0. The minimum absolute atomic E-state index is 0.139. The van der Waals surface area contributed by atoms with Crippen LogP contribution < -0.4 is 9.47 Å². The summed E-state index contributed by atoms with van der Waals surface area (Å²) in [6, 6.07) is 5.35. The van der Waals surface area contributed by atoms with E-state index in [1.165, 1.54) is 7.11 Å². The number of benzene rings is 1. The van der Waals surface area contributed by atoms with Crippen LogP contribution in [0.3, 0.4) is 0 Å². The van der Waals surface area contributed by atoms with Crippen LogP contribution in [0.1, 0.15) is 31.7 Å². The summed E-state index contributed by atoms with van der Waals surface area (Å²) < 4.78 is 10.5. The second-order valence-corrected chi connectivity index (χ2v) is 7.80. The van der Waals surface area contributed by atoms with Gasteiger partial charge in [-0.25, -0.2) is 0 Å². The molecule has 0 bridgehead atoms. The molecule has 0 aliphatic carbocycles. The Balaban J connectivity index is 1.76. The molecular formula is C20H24N2O5S. The molecule has 2 aliphatic heterocycles. The number of ether oxygens (including phenoxy) is 2. The second-order valence-electron chi connectivity index (χ2n) is 6.81. The SMILES string of the molecule is COc1ccc(/C=C2\SC(=O)N(CC(=O)N3CCCC[C@H]3C)C2=O)c(OC)c1. The van der Waals surface area contributed by atoms with E-state index in [1.54, 1.807) is 36.3 Å². The first-order valence-electron chi connectivity index (χ1n) is 9.21. The van der Waals surface area contributed by atoms with Crippen molar-refractivity contribution >= 4 is 34.9 Å². The summed E-state index contributed by atoms with van der Waals surface area (Å²) in [5.74, 6) is 0.524. The highest BCUT2D eigenvalue weighted by atomic mass is 32.2. The number of rotatable bonds is 5. The van der Waals surface area contributed by atoms with E-state index in [9.17, 15) is 14.4 Å². The van der Waals surface area contributed by atoms with E-state index in [0.717, 1.165) is 35.9 Å². The van der Waals surface area contributed by atoms with Gasteiger partial charge in [-0.1, -0.05) is 0 Å². The first kappa shape index (κ1) is 20.3. The van der Waals surface area contributed by atoms with Crippen molar-refractivity contribution in [2.75, 3.05) is 27.3 Å². The average molecular weight is 404 g/mol. The quantitative estimate of drug-likeness (QED) is 0.702. The Kier molecular flexibility index (Phi) is 6.28. The molecule has 0 spiro atoms. The number of imide groups is 1. The van der Waals surface area contributed by atoms with Crippen molar-refractivity contribution in [2.45, 2.75) is 32.2 Å². The van der Waals surface area contributed by atoms with Crippen LogP contribution in [0, 0.1) is 0 Å². The van der Waals surface area contributed by atoms with E-state index in [0.29, 0.717) is 23.6 Å². The third-order valence-electron chi connectivity index (χ3n) is 5.02. The van der Waals surface area contributed by atoms with E-state index in [-0.39, 0.29) is 23.4 Å². The van der Waals surface area contributed by atoms with Gasteiger partial charge in [-0.15, -0.1) is 0 Å². The van der Waals surface area contributed by atoms with Crippen molar-refractivity contribution in [3.8, 4) is 11.5 Å². The van der Waals surface area contributed by atoms with Gasteiger partial charge in [0.15, 0.2) is 0 Å². The lowest BCUT2D eigenvalue weighted by Crippen LogP contribution is -2.47. The summed E-state index contributed by atoms with van der Waals surface area (Å²) in [6.07, 6.45) is 4.61. The summed E-state index contributed by atoms with van der Waals surface area (Å²) in [5, 5.41) is -0.429. The molecule has 28 heavy (non-hydrogen) atoms.